The van der Waals surface area contributed by atoms with Crippen LogP contribution in [0.5, 0.6) is 0 Å². The summed E-state index contributed by atoms with van der Waals surface area (Å²) in [7, 11) is 0. The fraction of sp³-hybridized carbons (Fsp3) is 0.786. The standard InChI is InChI=1S/C14H23N3O/c1-11-14(12-4-2-6-15-8-12)9-16-17(11)13-5-3-7-18-10-13/h9,12-13,15H,2-8,10H2,1H3. The van der Waals surface area contributed by atoms with Crippen LogP contribution in [0, 0.1) is 6.92 Å². The van der Waals surface area contributed by atoms with E-state index in [0.29, 0.717) is 12.0 Å². The van der Waals surface area contributed by atoms with Crippen molar-refractivity contribution in [2.75, 3.05) is 26.3 Å². The van der Waals surface area contributed by atoms with E-state index in [1.807, 2.05) is 0 Å². The molecule has 0 saturated carbocycles. The minimum Gasteiger partial charge on any atom is -0.379 e. The lowest BCUT2D eigenvalue weighted by molar-refractivity contribution is 0.0541. The van der Waals surface area contributed by atoms with Crippen molar-refractivity contribution in [3.05, 3.63) is 17.5 Å². The van der Waals surface area contributed by atoms with Gasteiger partial charge in [0.2, 0.25) is 0 Å². The van der Waals surface area contributed by atoms with E-state index in [1.165, 1.54) is 37.1 Å². The summed E-state index contributed by atoms with van der Waals surface area (Å²) in [5, 5.41) is 8.11. The van der Waals surface area contributed by atoms with E-state index < -0.39 is 0 Å². The van der Waals surface area contributed by atoms with Gasteiger partial charge in [-0.25, -0.2) is 0 Å². The average molecular weight is 249 g/mol. The summed E-state index contributed by atoms with van der Waals surface area (Å²) in [6.45, 7) is 6.22. The predicted molar refractivity (Wildman–Crippen MR) is 70.9 cm³/mol. The normalized spacial score (nSPS) is 29.4. The number of rotatable bonds is 2. The van der Waals surface area contributed by atoms with Crippen LogP contribution in [0.25, 0.3) is 0 Å². The molecule has 4 heteroatoms. The van der Waals surface area contributed by atoms with Crippen LogP contribution in [0.1, 0.15) is 48.9 Å². The number of nitrogens with one attached hydrogen (secondary N) is 1. The van der Waals surface area contributed by atoms with Crippen LogP contribution in [0.2, 0.25) is 0 Å². The summed E-state index contributed by atoms with van der Waals surface area (Å²) in [5.41, 5.74) is 2.78. The molecule has 0 amide bonds. The van der Waals surface area contributed by atoms with E-state index in [1.54, 1.807) is 0 Å². The van der Waals surface area contributed by atoms with Crippen LogP contribution >= 0.6 is 0 Å². The monoisotopic (exact) mass is 249 g/mol. The number of ether oxygens (including phenoxy) is 1. The summed E-state index contributed by atoms with van der Waals surface area (Å²) in [6.07, 6.45) is 7.01. The predicted octanol–water partition coefficient (Wildman–Crippen LogP) is 2.01. The summed E-state index contributed by atoms with van der Waals surface area (Å²) < 4.78 is 7.77. The summed E-state index contributed by atoms with van der Waals surface area (Å²) in [4.78, 5) is 0. The van der Waals surface area contributed by atoms with Crippen LogP contribution in [-0.4, -0.2) is 36.1 Å². The number of piperidine rings is 1. The minimum absolute atomic E-state index is 0.448. The molecule has 0 spiro atoms. The zero-order valence-corrected chi connectivity index (χ0v) is 11.2. The van der Waals surface area contributed by atoms with Crippen molar-refractivity contribution in [3.63, 3.8) is 0 Å². The van der Waals surface area contributed by atoms with Gasteiger partial charge in [0.15, 0.2) is 0 Å². The molecule has 0 aliphatic carbocycles. The highest BCUT2D eigenvalue weighted by Crippen LogP contribution is 2.28. The molecule has 2 saturated heterocycles. The van der Waals surface area contributed by atoms with Crippen LogP contribution in [0.15, 0.2) is 6.20 Å². The third kappa shape index (κ3) is 2.31. The second-order valence-electron chi connectivity index (χ2n) is 5.54. The van der Waals surface area contributed by atoms with Crippen LogP contribution in [0.3, 0.4) is 0 Å². The van der Waals surface area contributed by atoms with Gasteiger partial charge in [-0.1, -0.05) is 0 Å². The second-order valence-corrected chi connectivity index (χ2v) is 5.54. The van der Waals surface area contributed by atoms with E-state index in [2.05, 4.69) is 28.2 Å². The Hall–Kier alpha value is -0.870. The lowest BCUT2D eigenvalue weighted by atomic mass is 9.92. The lowest BCUT2D eigenvalue weighted by Crippen LogP contribution is -2.29. The first-order chi connectivity index (χ1) is 8.86. The largest absolute Gasteiger partial charge is 0.379 e. The molecule has 100 valence electrons. The van der Waals surface area contributed by atoms with Gasteiger partial charge in [-0.05, 0) is 50.6 Å². The van der Waals surface area contributed by atoms with E-state index in [0.717, 1.165) is 26.2 Å². The summed E-state index contributed by atoms with van der Waals surface area (Å²) in [6, 6.07) is 0.448. The Kier molecular flexibility index (Phi) is 3.66. The first-order valence-corrected chi connectivity index (χ1v) is 7.18. The van der Waals surface area contributed by atoms with E-state index in [9.17, 15) is 0 Å². The Morgan fingerprint density at radius 3 is 3.06 bits per heavy atom. The summed E-state index contributed by atoms with van der Waals surface area (Å²) >= 11 is 0. The molecule has 18 heavy (non-hydrogen) atoms. The quantitative estimate of drug-likeness (QED) is 0.871. The van der Waals surface area contributed by atoms with Gasteiger partial charge in [-0.3, -0.25) is 4.68 Å². The van der Waals surface area contributed by atoms with Gasteiger partial charge >= 0.3 is 0 Å². The molecular weight excluding hydrogens is 226 g/mol. The van der Waals surface area contributed by atoms with Crippen molar-refractivity contribution in [1.29, 1.82) is 0 Å². The molecule has 3 heterocycles. The Labute approximate surface area is 109 Å². The van der Waals surface area contributed by atoms with Crippen molar-refractivity contribution < 1.29 is 4.74 Å². The van der Waals surface area contributed by atoms with Crippen LogP contribution in [0.4, 0.5) is 0 Å². The first kappa shape index (κ1) is 12.2. The number of aromatic nitrogens is 2. The maximum atomic E-state index is 5.57. The number of hydrogen-bond acceptors (Lipinski definition) is 3. The van der Waals surface area contributed by atoms with Gasteiger partial charge in [0.25, 0.3) is 0 Å². The van der Waals surface area contributed by atoms with Gasteiger partial charge in [0.05, 0.1) is 18.8 Å². The SMILES string of the molecule is Cc1c(C2CCCNC2)cnn1C1CCCOC1. The Morgan fingerprint density at radius 1 is 1.39 bits per heavy atom. The smallest absolute Gasteiger partial charge is 0.0756 e. The Morgan fingerprint density at radius 2 is 2.33 bits per heavy atom. The Bertz CT molecular complexity index is 354. The van der Waals surface area contributed by atoms with Gasteiger partial charge in [0.1, 0.15) is 0 Å². The molecule has 4 nitrogen and oxygen atoms in total. The van der Waals surface area contributed by atoms with Crippen LogP contribution < -0.4 is 5.32 Å². The Balaban J connectivity index is 1.78. The van der Waals surface area contributed by atoms with Crippen molar-refractivity contribution >= 4 is 0 Å². The highest BCUT2D eigenvalue weighted by Gasteiger charge is 2.23. The molecule has 1 N–H and O–H groups in total. The molecule has 2 aliphatic rings. The fourth-order valence-corrected chi connectivity index (χ4v) is 3.24. The lowest BCUT2D eigenvalue weighted by Gasteiger charge is -2.25. The minimum atomic E-state index is 0.448. The zero-order valence-electron chi connectivity index (χ0n) is 11.2. The van der Waals surface area contributed by atoms with Crippen molar-refractivity contribution in [2.45, 2.75) is 44.6 Å². The van der Waals surface area contributed by atoms with Crippen molar-refractivity contribution in [1.82, 2.24) is 15.1 Å². The van der Waals surface area contributed by atoms with E-state index in [-0.39, 0.29) is 0 Å². The molecule has 2 atom stereocenters. The number of hydrogen-bond donors (Lipinski definition) is 1. The second kappa shape index (κ2) is 5.41. The van der Waals surface area contributed by atoms with Crippen LogP contribution in [-0.2, 0) is 4.74 Å². The zero-order chi connectivity index (χ0) is 12.4. The third-order valence-electron chi connectivity index (χ3n) is 4.30. The van der Waals surface area contributed by atoms with Gasteiger partial charge < -0.3 is 10.1 Å². The number of nitrogens with zero attached hydrogens (tertiary/aromatic N) is 2. The molecule has 2 aliphatic heterocycles. The fourth-order valence-electron chi connectivity index (χ4n) is 3.24. The van der Waals surface area contributed by atoms with E-state index in [4.69, 9.17) is 4.74 Å². The van der Waals surface area contributed by atoms with Gasteiger partial charge in [-0.15, -0.1) is 0 Å². The molecule has 0 bridgehead atoms. The third-order valence-corrected chi connectivity index (χ3v) is 4.30. The molecule has 2 unspecified atom stereocenters. The highest BCUT2D eigenvalue weighted by molar-refractivity contribution is 5.23. The van der Waals surface area contributed by atoms with Crippen molar-refractivity contribution in [3.8, 4) is 0 Å². The molecule has 0 aromatic carbocycles. The van der Waals surface area contributed by atoms with Gasteiger partial charge in [0, 0.05) is 18.8 Å². The first-order valence-electron chi connectivity index (χ1n) is 7.18. The molecular formula is C14H23N3O. The average Bonchev–Trinajstić information content (AvgIpc) is 2.83. The molecule has 0 radical (unpaired) electrons. The van der Waals surface area contributed by atoms with Gasteiger partial charge in [-0.2, -0.15) is 5.10 Å². The maximum absolute atomic E-state index is 5.57. The maximum Gasteiger partial charge on any atom is 0.0756 e. The highest BCUT2D eigenvalue weighted by atomic mass is 16.5. The molecule has 1 aromatic heterocycles. The molecule has 3 rings (SSSR count). The molecule has 2 fully saturated rings. The van der Waals surface area contributed by atoms with E-state index >= 15 is 0 Å². The summed E-state index contributed by atoms with van der Waals surface area (Å²) in [5.74, 6) is 0.650. The van der Waals surface area contributed by atoms with Crippen molar-refractivity contribution in [2.24, 2.45) is 0 Å². The molecule has 1 aromatic rings. The topological polar surface area (TPSA) is 39.1 Å².